The average molecular weight is 207 g/mol. The Balaban J connectivity index is 2.11. The summed E-state index contributed by atoms with van der Waals surface area (Å²) in [6, 6.07) is 8.68. The highest BCUT2D eigenvalue weighted by Crippen LogP contribution is 2.55. The van der Waals surface area contributed by atoms with Gasteiger partial charge in [0.2, 0.25) is 0 Å². The van der Waals surface area contributed by atoms with Crippen molar-refractivity contribution in [3.05, 3.63) is 29.8 Å². The minimum absolute atomic E-state index is 0.341. The monoisotopic (exact) mass is 207 g/mol. The first kappa shape index (κ1) is 10.1. The first-order valence-corrected chi connectivity index (χ1v) is 5.94. The molecule has 0 aromatic heterocycles. The van der Waals surface area contributed by atoms with Crippen LogP contribution in [0.1, 0.15) is 18.9 Å². The number of hydrogen-bond donors (Lipinski definition) is 1. The predicted molar refractivity (Wildman–Crippen MR) is 62.6 cm³/mol. The molecule has 0 radical (unpaired) electrons. The SMILES string of the molecule is Cc1cccc(SC2(CN)CC2C)c1. The van der Waals surface area contributed by atoms with Crippen molar-refractivity contribution in [1.82, 2.24) is 0 Å². The summed E-state index contributed by atoms with van der Waals surface area (Å²) in [6.45, 7) is 5.22. The summed E-state index contributed by atoms with van der Waals surface area (Å²) in [5.74, 6) is 0.776. The molecule has 1 aromatic rings. The molecule has 2 atom stereocenters. The summed E-state index contributed by atoms with van der Waals surface area (Å²) >= 11 is 1.95. The molecule has 1 saturated carbocycles. The van der Waals surface area contributed by atoms with Crippen molar-refractivity contribution in [1.29, 1.82) is 0 Å². The van der Waals surface area contributed by atoms with Gasteiger partial charge in [-0.3, -0.25) is 0 Å². The van der Waals surface area contributed by atoms with Crippen LogP contribution in [0.5, 0.6) is 0 Å². The number of benzene rings is 1. The van der Waals surface area contributed by atoms with Crippen molar-refractivity contribution in [2.75, 3.05) is 6.54 Å². The van der Waals surface area contributed by atoms with Gasteiger partial charge in [0.15, 0.2) is 0 Å². The van der Waals surface area contributed by atoms with Crippen LogP contribution >= 0.6 is 11.8 Å². The number of aryl methyl sites for hydroxylation is 1. The highest BCUT2D eigenvalue weighted by atomic mass is 32.2. The van der Waals surface area contributed by atoms with Crippen LogP contribution in [0, 0.1) is 12.8 Å². The van der Waals surface area contributed by atoms with Gasteiger partial charge in [-0.1, -0.05) is 24.6 Å². The van der Waals surface area contributed by atoms with E-state index in [9.17, 15) is 0 Å². The van der Waals surface area contributed by atoms with E-state index in [-0.39, 0.29) is 0 Å². The first-order chi connectivity index (χ1) is 6.66. The van der Waals surface area contributed by atoms with E-state index in [0.717, 1.165) is 12.5 Å². The zero-order chi connectivity index (χ0) is 10.2. The van der Waals surface area contributed by atoms with Crippen LogP contribution < -0.4 is 5.73 Å². The fraction of sp³-hybridized carbons (Fsp3) is 0.500. The van der Waals surface area contributed by atoms with Gasteiger partial charge in [0, 0.05) is 16.2 Å². The van der Waals surface area contributed by atoms with E-state index >= 15 is 0 Å². The van der Waals surface area contributed by atoms with Crippen molar-refractivity contribution < 1.29 is 0 Å². The standard InChI is InChI=1S/C12H17NS/c1-9-4-3-5-11(6-9)14-12(8-13)7-10(12)2/h3-6,10H,7-8,13H2,1-2H3. The molecule has 0 saturated heterocycles. The van der Waals surface area contributed by atoms with Gasteiger partial charge in [-0.25, -0.2) is 0 Å². The lowest BCUT2D eigenvalue weighted by atomic mass is 10.2. The molecule has 1 aliphatic carbocycles. The zero-order valence-corrected chi connectivity index (χ0v) is 9.60. The van der Waals surface area contributed by atoms with Gasteiger partial charge in [0.1, 0.15) is 0 Å². The molecule has 0 bridgehead atoms. The molecule has 0 heterocycles. The van der Waals surface area contributed by atoms with E-state index in [1.807, 2.05) is 11.8 Å². The van der Waals surface area contributed by atoms with Crippen molar-refractivity contribution in [2.45, 2.75) is 29.9 Å². The van der Waals surface area contributed by atoms with E-state index in [0.29, 0.717) is 4.75 Å². The largest absolute Gasteiger partial charge is 0.329 e. The quantitative estimate of drug-likeness (QED) is 0.825. The molecule has 2 heteroatoms. The lowest BCUT2D eigenvalue weighted by Gasteiger charge is -2.13. The van der Waals surface area contributed by atoms with Crippen molar-refractivity contribution in [3.8, 4) is 0 Å². The highest BCUT2D eigenvalue weighted by molar-refractivity contribution is 8.01. The molecule has 2 N–H and O–H groups in total. The summed E-state index contributed by atoms with van der Waals surface area (Å²) in [5, 5.41) is 0. The lowest BCUT2D eigenvalue weighted by Crippen LogP contribution is -2.20. The fourth-order valence-electron chi connectivity index (χ4n) is 1.84. The van der Waals surface area contributed by atoms with Gasteiger partial charge >= 0.3 is 0 Å². The van der Waals surface area contributed by atoms with E-state index in [2.05, 4.69) is 38.1 Å². The van der Waals surface area contributed by atoms with Gasteiger partial charge < -0.3 is 5.73 Å². The molecule has 0 spiro atoms. The molecule has 2 unspecified atom stereocenters. The summed E-state index contributed by atoms with van der Waals surface area (Å²) in [5.41, 5.74) is 7.15. The number of nitrogens with two attached hydrogens (primary N) is 1. The second-order valence-electron chi connectivity index (χ2n) is 4.29. The van der Waals surface area contributed by atoms with Crippen molar-refractivity contribution in [3.63, 3.8) is 0 Å². The van der Waals surface area contributed by atoms with Crippen LogP contribution in [-0.2, 0) is 0 Å². The Labute approximate surface area is 90.1 Å². The normalized spacial score (nSPS) is 30.4. The maximum absolute atomic E-state index is 5.82. The van der Waals surface area contributed by atoms with E-state index in [4.69, 9.17) is 5.73 Å². The molecule has 1 nitrogen and oxygen atoms in total. The van der Waals surface area contributed by atoms with Gasteiger partial charge in [-0.05, 0) is 31.4 Å². The first-order valence-electron chi connectivity index (χ1n) is 5.12. The Kier molecular flexibility index (Phi) is 2.58. The van der Waals surface area contributed by atoms with Gasteiger partial charge in [-0.2, -0.15) is 0 Å². The van der Waals surface area contributed by atoms with Crippen molar-refractivity contribution in [2.24, 2.45) is 11.7 Å². The van der Waals surface area contributed by atoms with Crippen LogP contribution in [0.2, 0.25) is 0 Å². The van der Waals surface area contributed by atoms with Crippen LogP contribution in [-0.4, -0.2) is 11.3 Å². The van der Waals surface area contributed by atoms with E-state index in [1.54, 1.807) is 0 Å². The third-order valence-corrected chi connectivity index (χ3v) is 4.68. The van der Waals surface area contributed by atoms with Gasteiger partial charge in [0.25, 0.3) is 0 Å². The number of thioether (sulfide) groups is 1. The van der Waals surface area contributed by atoms with Crippen LogP contribution in [0.4, 0.5) is 0 Å². The van der Waals surface area contributed by atoms with Crippen LogP contribution in [0.3, 0.4) is 0 Å². The average Bonchev–Trinajstić information content (AvgIpc) is 2.77. The second-order valence-corrected chi connectivity index (χ2v) is 5.78. The summed E-state index contributed by atoms with van der Waals surface area (Å²) in [4.78, 5) is 1.36. The van der Waals surface area contributed by atoms with E-state index < -0.39 is 0 Å². The van der Waals surface area contributed by atoms with E-state index in [1.165, 1.54) is 16.9 Å². The molecule has 0 amide bonds. The number of rotatable bonds is 3. The smallest absolute Gasteiger partial charge is 0.0358 e. The maximum Gasteiger partial charge on any atom is 0.0358 e. The zero-order valence-electron chi connectivity index (χ0n) is 8.79. The summed E-state index contributed by atoms with van der Waals surface area (Å²) < 4.78 is 0.341. The van der Waals surface area contributed by atoms with Crippen LogP contribution in [0.15, 0.2) is 29.2 Å². The molecule has 14 heavy (non-hydrogen) atoms. The number of hydrogen-bond acceptors (Lipinski definition) is 2. The Bertz CT molecular complexity index is 333. The summed E-state index contributed by atoms with van der Waals surface area (Å²) in [6.07, 6.45) is 1.27. The molecule has 2 rings (SSSR count). The third kappa shape index (κ3) is 1.82. The van der Waals surface area contributed by atoms with Gasteiger partial charge in [0.05, 0.1) is 0 Å². The lowest BCUT2D eigenvalue weighted by molar-refractivity contribution is 0.807. The molecule has 1 aliphatic rings. The van der Waals surface area contributed by atoms with Crippen LogP contribution in [0.25, 0.3) is 0 Å². The molecule has 0 aliphatic heterocycles. The Morgan fingerprint density at radius 1 is 1.57 bits per heavy atom. The fourth-order valence-corrected chi connectivity index (χ4v) is 3.32. The summed E-state index contributed by atoms with van der Waals surface area (Å²) in [7, 11) is 0. The van der Waals surface area contributed by atoms with Gasteiger partial charge in [-0.15, -0.1) is 11.8 Å². The topological polar surface area (TPSA) is 26.0 Å². The van der Waals surface area contributed by atoms with Crippen molar-refractivity contribution >= 4 is 11.8 Å². The predicted octanol–water partition coefficient (Wildman–Crippen LogP) is 2.82. The second kappa shape index (κ2) is 3.59. The highest BCUT2D eigenvalue weighted by Gasteiger charge is 2.50. The minimum atomic E-state index is 0.341. The minimum Gasteiger partial charge on any atom is -0.329 e. The molecule has 76 valence electrons. The molecular formula is C12H17NS. The third-order valence-electron chi connectivity index (χ3n) is 3.05. The Morgan fingerprint density at radius 2 is 2.29 bits per heavy atom. The Morgan fingerprint density at radius 3 is 2.79 bits per heavy atom. The molecule has 1 aromatic carbocycles. The Hall–Kier alpha value is -0.470. The maximum atomic E-state index is 5.82. The molecular weight excluding hydrogens is 190 g/mol. The molecule has 1 fully saturated rings.